The van der Waals surface area contributed by atoms with Crippen LogP contribution in [0.3, 0.4) is 0 Å². The van der Waals surface area contributed by atoms with Gasteiger partial charge in [-0.2, -0.15) is 4.99 Å². The van der Waals surface area contributed by atoms with Gasteiger partial charge in [-0.3, -0.25) is 9.59 Å². The van der Waals surface area contributed by atoms with Gasteiger partial charge in [0.1, 0.15) is 23.8 Å². The van der Waals surface area contributed by atoms with Crippen LogP contribution in [0, 0.1) is 0 Å². The number of hydrogen-bond donors (Lipinski definition) is 5. The average molecular weight is 555 g/mol. The van der Waals surface area contributed by atoms with Crippen molar-refractivity contribution < 1.29 is 9.59 Å². The van der Waals surface area contributed by atoms with Gasteiger partial charge in [0.05, 0.1) is 16.1 Å². The zero-order valence-corrected chi connectivity index (χ0v) is 22.5. The third kappa shape index (κ3) is 5.50. The summed E-state index contributed by atoms with van der Waals surface area (Å²) in [7, 11) is 3.82. The molecular weight excluding hydrogens is 524 g/mol. The van der Waals surface area contributed by atoms with E-state index in [0.29, 0.717) is 50.5 Å². The molecule has 2 saturated heterocycles. The predicted octanol–water partition coefficient (Wildman–Crippen LogP) is 0.705. The Morgan fingerprint density at radius 2 is 1.95 bits per heavy atom. The molecule has 3 aromatic rings. The molecule has 0 atom stereocenters. The Morgan fingerprint density at radius 3 is 2.69 bits per heavy atom. The Hall–Kier alpha value is -4.20. The van der Waals surface area contributed by atoms with Crippen LogP contribution in [0.4, 0.5) is 17.5 Å². The van der Waals surface area contributed by atoms with Crippen molar-refractivity contribution >= 4 is 58.0 Å². The second-order valence-corrected chi connectivity index (χ2v) is 10.4. The molecule has 2 aliphatic rings. The van der Waals surface area contributed by atoms with E-state index in [-0.39, 0.29) is 33.7 Å². The van der Waals surface area contributed by atoms with E-state index in [2.05, 4.69) is 40.5 Å². The molecule has 15 heteroatoms. The highest BCUT2D eigenvalue weighted by Crippen LogP contribution is 2.26. The molecule has 5 rings (SSSR count). The number of aryl methyl sites for hydroxylation is 1. The van der Waals surface area contributed by atoms with Crippen molar-refractivity contribution in [2.75, 3.05) is 50.1 Å². The summed E-state index contributed by atoms with van der Waals surface area (Å²) in [5.74, 6) is 1.48. The number of carbonyl (C=O) groups is 2. The number of amides is 2. The van der Waals surface area contributed by atoms with Crippen LogP contribution < -0.4 is 27.0 Å². The van der Waals surface area contributed by atoms with Crippen molar-refractivity contribution in [3.63, 3.8) is 0 Å². The standard InChI is InChI=1S/C24H31ClN12O2/c1-36(2)21-17-20(29-12-30-21)32-15(31-17)4-3-5-16(38)37-8-6-24(7-9-37)11-28-23(35-24)34-22(39)13-10-14(25)19(27)33-18(13)26/h10,12H,3-9,11H2,1-2H3,(H4,26,27,33)(H2,28,34,35,39)(H,29,30,31,32). The van der Waals surface area contributed by atoms with E-state index in [1.165, 1.54) is 12.4 Å². The summed E-state index contributed by atoms with van der Waals surface area (Å²) in [6.07, 6.45) is 4.72. The Morgan fingerprint density at radius 1 is 1.18 bits per heavy atom. The number of halogens is 1. The number of aromatic amines is 1. The van der Waals surface area contributed by atoms with Crippen LogP contribution in [0.25, 0.3) is 11.2 Å². The Kier molecular flexibility index (Phi) is 7.12. The third-order valence-corrected chi connectivity index (χ3v) is 7.37. The van der Waals surface area contributed by atoms with Gasteiger partial charge >= 0.3 is 0 Å². The molecule has 2 aliphatic heterocycles. The maximum absolute atomic E-state index is 12.9. The van der Waals surface area contributed by atoms with Crippen LogP contribution in [0.5, 0.6) is 0 Å². The van der Waals surface area contributed by atoms with Crippen molar-refractivity contribution in [1.82, 2.24) is 40.5 Å². The number of imidazole rings is 1. The number of nitrogen functional groups attached to an aromatic ring is 2. The summed E-state index contributed by atoms with van der Waals surface area (Å²) < 4.78 is 0. The SMILES string of the molecule is CN(C)c1ncnc2[nH]c(CCCC(=O)N3CCC4(CC3)CN/C(=N\C(=O)c3cc(Cl)c(N)nc3N)N4)nc12. The highest BCUT2D eigenvalue weighted by atomic mass is 35.5. The van der Waals surface area contributed by atoms with Crippen LogP contribution >= 0.6 is 11.6 Å². The Labute approximate surface area is 229 Å². The molecule has 1 spiro atoms. The van der Waals surface area contributed by atoms with E-state index in [1.807, 2.05) is 23.9 Å². The second-order valence-electron chi connectivity index (χ2n) is 10.0. The van der Waals surface area contributed by atoms with Crippen molar-refractivity contribution in [1.29, 1.82) is 0 Å². The van der Waals surface area contributed by atoms with Crippen molar-refractivity contribution in [2.45, 2.75) is 37.6 Å². The van der Waals surface area contributed by atoms with Crippen LogP contribution in [0.2, 0.25) is 5.02 Å². The lowest BCUT2D eigenvalue weighted by Gasteiger charge is -2.38. The highest BCUT2D eigenvalue weighted by molar-refractivity contribution is 6.33. The van der Waals surface area contributed by atoms with Crippen LogP contribution in [0.15, 0.2) is 17.4 Å². The number of guanidine groups is 1. The summed E-state index contributed by atoms with van der Waals surface area (Å²) >= 11 is 5.98. The number of H-pyrrole nitrogens is 1. The first kappa shape index (κ1) is 26.4. The zero-order valence-electron chi connectivity index (χ0n) is 21.8. The summed E-state index contributed by atoms with van der Waals surface area (Å²) in [6.45, 7) is 1.83. The number of likely N-dealkylation sites (tertiary alicyclic amines) is 1. The third-order valence-electron chi connectivity index (χ3n) is 7.07. The fourth-order valence-corrected chi connectivity index (χ4v) is 5.02. The molecule has 0 aliphatic carbocycles. The number of carbonyl (C=O) groups excluding carboxylic acids is 2. The normalized spacial score (nSPS) is 17.4. The van der Waals surface area contributed by atoms with E-state index < -0.39 is 5.91 Å². The number of nitrogens with zero attached hydrogens (tertiary/aromatic N) is 7. The fraction of sp³-hybridized carbons (Fsp3) is 0.458. The van der Waals surface area contributed by atoms with Gasteiger partial charge in [-0.05, 0) is 25.3 Å². The minimum atomic E-state index is -0.573. The predicted molar refractivity (Wildman–Crippen MR) is 148 cm³/mol. The van der Waals surface area contributed by atoms with Crippen LogP contribution in [-0.2, 0) is 11.2 Å². The molecule has 5 heterocycles. The van der Waals surface area contributed by atoms with Crippen molar-refractivity contribution in [3.8, 4) is 0 Å². The van der Waals surface area contributed by atoms with E-state index in [9.17, 15) is 9.59 Å². The lowest BCUT2D eigenvalue weighted by molar-refractivity contribution is -0.132. The van der Waals surface area contributed by atoms with Crippen molar-refractivity contribution in [3.05, 3.63) is 28.8 Å². The van der Waals surface area contributed by atoms with Crippen LogP contribution in [0.1, 0.15) is 41.9 Å². The van der Waals surface area contributed by atoms with Gasteiger partial charge < -0.3 is 36.9 Å². The van der Waals surface area contributed by atoms with Crippen molar-refractivity contribution in [2.24, 2.45) is 4.99 Å². The number of nitrogens with one attached hydrogen (secondary N) is 3. The van der Waals surface area contributed by atoms with Gasteiger partial charge in [-0.25, -0.2) is 19.9 Å². The number of aromatic nitrogens is 5. The maximum atomic E-state index is 12.9. The molecule has 0 bridgehead atoms. The number of anilines is 3. The molecule has 0 radical (unpaired) electrons. The smallest absolute Gasteiger partial charge is 0.283 e. The van der Waals surface area contributed by atoms with E-state index in [0.717, 1.165) is 30.0 Å². The number of rotatable bonds is 6. The van der Waals surface area contributed by atoms with Gasteiger partial charge in [-0.15, -0.1) is 0 Å². The first-order valence-corrected chi connectivity index (χ1v) is 13.0. The monoisotopic (exact) mass is 554 g/mol. The topological polar surface area (TPSA) is 196 Å². The molecule has 3 aromatic heterocycles. The molecule has 206 valence electrons. The van der Waals surface area contributed by atoms with Gasteiger partial charge in [-0.1, -0.05) is 11.6 Å². The van der Waals surface area contributed by atoms with Gasteiger partial charge in [0, 0.05) is 46.6 Å². The molecule has 2 fully saturated rings. The summed E-state index contributed by atoms with van der Waals surface area (Å²) in [6, 6.07) is 1.36. The number of nitrogens with two attached hydrogens (primary N) is 2. The molecule has 0 aromatic carbocycles. The average Bonchev–Trinajstić information content (AvgIpc) is 3.49. The summed E-state index contributed by atoms with van der Waals surface area (Å²) in [5, 5.41) is 6.63. The molecule has 2 amide bonds. The molecule has 0 saturated carbocycles. The second kappa shape index (κ2) is 10.5. The highest BCUT2D eigenvalue weighted by Gasteiger charge is 2.40. The number of fused-ring (bicyclic) bond motifs is 1. The van der Waals surface area contributed by atoms with E-state index >= 15 is 0 Å². The van der Waals surface area contributed by atoms with Crippen LogP contribution in [-0.4, -0.2) is 86.9 Å². The number of aliphatic imine (C=N–C) groups is 1. The fourth-order valence-electron chi connectivity index (χ4n) is 4.87. The largest absolute Gasteiger partial charge is 0.383 e. The number of hydrogen-bond acceptors (Lipinski definition) is 9. The quantitative estimate of drug-likeness (QED) is 0.287. The van der Waals surface area contributed by atoms with Gasteiger partial charge in [0.2, 0.25) is 5.91 Å². The molecule has 14 nitrogen and oxygen atoms in total. The zero-order chi connectivity index (χ0) is 27.7. The minimum absolute atomic E-state index is 0.0295. The molecule has 7 N–H and O–H groups in total. The molecule has 39 heavy (non-hydrogen) atoms. The minimum Gasteiger partial charge on any atom is -0.383 e. The number of piperidine rings is 1. The van der Waals surface area contributed by atoms with E-state index in [4.69, 9.17) is 23.1 Å². The summed E-state index contributed by atoms with van der Waals surface area (Å²) in [4.78, 5) is 53.7. The Balaban J connectivity index is 1.11. The van der Waals surface area contributed by atoms with Gasteiger partial charge in [0.15, 0.2) is 22.9 Å². The molecular formula is C24H31ClN12O2. The first-order chi connectivity index (χ1) is 18.6. The Bertz CT molecular complexity index is 1440. The van der Waals surface area contributed by atoms with Gasteiger partial charge in [0.25, 0.3) is 5.91 Å². The lowest BCUT2D eigenvalue weighted by atomic mass is 9.88. The maximum Gasteiger partial charge on any atom is 0.283 e. The molecule has 0 unspecified atom stereocenters. The lowest BCUT2D eigenvalue weighted by Crippen LogP contribution is -2.53. The van der Waals surface area contributed by atoms with E-state index in [1.54, 1.807) is 0 Å². The number of pyridine rings is 1. The summed E-state index contributed by atoms with van der Waals surface area (Å²) in [5.41, 5.74) is 12.7. The first-order valence-electron chi connectivity index (χ1n) is 12.7.